The molecule has 1 rings (SSSR count). The lowest BCUT2D eigenvalue weighted by Gasteiger charge is -2.43. The van der Waals surface area contributed by atoms with Gasteiger partial charge in [-0.05, 0) is 49.9 Å². The van der Waals surface area contributed by atoms with Crippen molar-refractivity contribution in [3.63, 3.8) is 0 Å². The van der Waals surface area contributed by atoms with Crippen LogP contribution in [-0.2, 0) is 15.7 Å². The first kappa shape index (κ1) is 26.4. The smallest absolute Gasteiger partial charge is 0.410 e. The van der Waals surface area contributed by atoms with Crippen molar-refractivity contribution in [2.24, 2.45) is 5.92 Å². The van der Waals surface area contributed by atoms with Crippen molar-refractivity contribution in [2.75, 3.05) is 6.61 Å². The van der Waals surface area contributed by atoms with Crippen molar-refractivity contribution in [3.8, 4) is 0 Å². The van der Waals surface area contributed by atoms with Crippen LogP contribution in [-0.4, -0.2) is 38.1 Å². The summed E-state index contributed by atoms with van der Waals surface area (Å²) >= 11 is 0. The van der Waals surface area contributed by atoms with Gasteiger partial charge < -0.3 is 9.16 Å². The first-order valence-electron chi connectivity index (χ1n) is 11.2. The molecule has 0 aromatic heterocycles. The number of carbonyl (C=O) groups is 1. The molecule has 0 saturated carbocycles. The molecule has 0 aliphatic carbocycles. The quantitative estimate of drug-likeness (QED) is 0.294. The van der Waals surface area contributed by atoms with E-state index in [1.54, 1.807) is 0 Å². The minimum absolute atomic E-state index is 0.0867. The van der Waals surface area contributed by atoms with E-state index < -0.39 is 8.32 Å². The number of hydrogen-bond acceptors (Lipinski definition) is 3. The Morgan fingerprint density at radius 2 is 1.77 bits per heavy atom. The van der Waals surface area contributed by atoms with Gasteiger partial charge >= 0.3 is 6.09 Å². The van der Waals surface area contributed by atoms with E-state index in [-0.39, 0.29) is 23.3 Å². The van der Waals surface area contributed by atoms with Crippen molar-refractivity contribution in [2.45, 2.75) is 91.7 Å². The lowest BCUT2D eigenvalue weighted by molar-refractivity contribution is 0.0442. The van der Waals surface area contributed by atoms with Crippen molar-refractivity contribution in [1.29, 1.82) is 0 Å². The van der Waals surface area contributed by atoms with Gasteiger partial charge in [-0.3, -0.25) is 4.90 Å². The van der Waals surface area contributed by atoms with E-state index in [9.17, 15) is 4.79 Å². The molecule has 1 amide bonds. The number of hydrogen-bond donors (Lipinski definition) is 0. The molecule has 0 unspecified atom stereocenters. The summed E-state index contributed by atoms with van der Waals surface area (Å²) in [4.78, 5) is 14.9. The highest BCUT2D eigenvalue weighted by molar-refractivity contribution is 6.74. The van der Waals surface area contributed by atoms with Gasteiger partial charge in [0.25, 0.3) is 0 Å². The first-order chi connectivity index (χ1) is 13.9. The fraction of sp³-hybridized carbons (Fsp3) is 0.640. The summed E-state index contributed by atoms with van der Waals surface area (Å²) in [7, 11) is -2.04. The fourth-order valence-electron chi connectivity index (χ4n) is 3.18. The highest BCUT2D eigenvalue weighted by atomic mass is 28.4. The van der Waals surface area contributed by atoms with Crippen LogP contribution in [0.4, 0.5) is 4.79 Å². The molecule has 0 saturated heterocycles. The zero-order valence-electron chi connectivity index (χ0n) is 20.6. The maximum absolute atomic E-state index is 13.1. The van der Waals surface area contributed by atoms with E-state index in [4.69, 9.17) is 9.16 Å². The summed E-state index contributed by atoms with van der Waals surface area (Å²) in [5.41, 5.74) is 1.09. The minimum Gasteiger partial charge on any atom is -0.450 e. The van der Waals surface area contributed by atoms with Crippen LogP contribution >= 0.6 is 0 Å². The van der Waals surface area contributed by atoms with E-state index in [2.05, 4.69) is 65.9 Å². The van der Waals surface area contributed by atoms with Crippen molar-refractivity contribution in [3.05, 3.63) is 48.0 Å². The molecule has 0 N–H and O–H groups in total. The Balaban J connectivity index is 3.38. The number of ether oxygens (including phenoxy) is 1. The van der Waals surface area contributed by atoms with Gasteiger partial charge in [-0.25, -0.2) is 4.79 Å². The Morgan fingerprint density at radius 1 is 1.17 bits per heavy atom. The van der Waals surface area contributed by atoms with Gasteiger partial charge in [0, 0.05) is 6.54 Å². The van der Waals surface area contributed by atoms with Gasteiger partial charge in [0.15, 0.2) is 8.32 Å². The molecule has 2 atom stereocenters. The second-order valence-corrected chi connectivity index (χ2v) is 14.6. The number of allylic oxidation sites excluding steroid dienone is 1. The third-order valence-electron chi connectivity index (χ3n) is 5.81. The highest BCUT2D eigenvalue weighted by Crippen LogP contribution is 2.38. The van der Waals surface area contributed by atoms with E-state index in [0.717, 1.165) is 12.0 Å². The van der Waals surface area contributed by atoms with Crippen LogP contribution in [0.5, 0.6) is 0 Å². The van der Waals surface area contributed by atoms with Crippen LogP contribution < -0.4 is 0 Å². The van der Waals surface area contributed by atoms with Gasteiger partial charge in [-0.2, -0.15) is 0 Å². The molecule has 170 valence electrons. The second-order valence-electron chi connectivity index (χ2n) is 9.88. The Morgan fingerprint density at radius 3 is 2.23 bits per heavy atom. The normalized spacial score (nSPS) is 14.7. The zero-order chi connectivity index (χ0) is 22.9. The summed E-state index contributed by atoms with van der Waals surface area (Å²) < 4.78 is 12.3. The number of nitrogens with zero attached hydrogens (tertiary/aromatic N) is 1. The van der Waals surface area contributed by atoms with Crippen LogP contribution in [0.2, 0.25) is 18.1 Å². The average Bonchev–Trinajstić information content (AvgIpc) is 2.64. The van der Waals surface area contributed by atoms with Crippen LogP contribution in [0.25, 0.3) is 0 Å². The van der Waals surface area contributed by atoms with Gasteiger partial charge in [0.05, 0.1) is 18.8 Å². The maximum atomic E-state index is 13.1. The van der Waals surface area contributed by atoms with Gasteiger partial charge in [0.1, 0.15) is 0 Å². The Hall–Kier alpha value is -1.59. The largest absolute Gasteiger partial charge is 0.450 e. The third kappa shape index (κ3) is 7.92. The molecule has 0 radical (unpaired) electrons. The second kappa shape index (κ2) is 11.7. The predicted octanol–water partition coefficient (Wildman–Crippen LogP) is 7.03. The Bertz CT molecular complexity index is 665. The van der Waals surface area contributed by atoms with Gasteiger partial charge in [-0.15, -0.1) is 0 Å². The third-order valence-corrected chi connectivity index (χ3v) is 10.3. The lowest BCUT2D eigenvalue weighted by Crippen LogP contribution is -2.53. The molecular formula is C25H43NO3Si. The molecule has 5 heteroatoms. The predicted molar refractivity (Wildman–Crippen MR) is 129 cm³/mol. The summed E-state index contributed by atoms with van der Waals surface area (Å²) in [6.45, 7) is 20.4. The molecule has 4 nitrogen and oxygen atoms in total. The van der Waals surface area contributed by atoms with E-state index in [1.807, 2.05) is 43.0 Å². The molecule has 30 heavy (non-hydrogen) atoms. The molecule has 1 aromatic rings. The monoisotopic (exact) mass is 433 g/mol. The standard InChI is InChI=1S/C25H43NO3Si/c1-10-15-23(29-30(8,9)25(5,6)7)22(18-20(3)4)26(24(27)28-11-2)19-21-16-13-12-14-17-21/h10,12-17,20,22-23H,11,18-19H2,1-9H3/b15-10+/t22-,23+/m1/s1. The summed E-state index contributed by atoms with van der Waals surface area (Å²) in [5, 5.41) is 0.0867. The molecule has 0 fully saturated rings. The maximum Gasteiger partial charge on any atom is 0.410 e. The lowest BCUT2D eigenvalue weighted by atomic mass is 9.97. The van der Waals surface area contributed by atoms with Crippen molar-refractivity contribution >= 4 is 14.4 Å². The number of benzene rings is 1. The minimum atomic E-state index is -2.04. The Kier molecular flexibility index (Phi) is 10.3. The van der Waals surface area contributed by atoms with Crippen LogP contribution in [0.15, 0.2) is 42.5 Å². The number of amides is 1. The molecule has 0 heterocycles. The summed E-state index contributed by atoms with van der Waals surface area (Å²) in [5.74, 6) is 0.415. The number of carbonyl (C=O) groups excluding carboxylic acids is 1. The van der Waals surface area contributed by atoms with Crippen LogP contribution in [0.3, 0.4) is 0 Å². The molecular weight excluding hydrogens is 390 g/mol. The van der Waals surface area contributed by atoms with Crippen molar-refractivity contribution in [1.82, 2.24) is 4.90 Å². The average molecular weight is 434 g/mol. The molecule has 1 aromatic carbocycles. The number of rotatable bonds is 10. The molecule has 0 aliphatic heterocycles. The van der Waals surface area contributed by atoms with Crippen LogP contribution in [0, 0.1) is 5.92 Å². The zero-order valence-corrected chi connectivity index (χ0v) is 21.6. The van der Waals surface area contributed by atoms with E-state index in [1.165, 1.54) is 0 Å². The summed E-state index contributed by atoms with van der Waals surface area (Å²) in [6.07, 6.45) is 4.54. The Labute approximate surface area is 185 Å². The van der Waals surface area contributed by atoms with Crippen molar-refractivity contribution < 1.29 is 14.0 Å². The van der Waals surface area contributed by atoms with Gasteiger partial charge in [0.2, 0.25) is 0 Å². The molecule has 0 aliphatic rings. The molecule has 0 spiro atoms. The SMILES string of the molecule is C/C=C/[C@H](O[Si](C)(C)C(C)(C)C)[C@@H](CC(C)C)N(Cc1ccccc1)C(=O)OCC. The van der Waals surface area contributed by atoms with E-state index >= 15 is 0 Å². The van der Waals surface area contributed by atoms with E-state index in [0.29, 0.717) is 19.1 Å². The molecule has 0 bridgehead atoms. The first-order valence-corrected chi connectivity index (χ1v) is 14.1. The highest BCUT2D eigenvalue weighted by Gasteiger charge is 2.42. The van der Waals surface area contributed by atoms with Gasteiger partial charge in [-0.1, -0.05) is 77.1 Å². The topological polar surface area (TPSA) is 38.8 Å². The van der Waals surface area contributed by atoms with Crippen LogP contribution in [0.1, 0.15) is 60.5 Å². The summed E-state index contributed by atoms with van der Waals surface area (Å²) in [6, 6.07) is 10.0. The fourth-order valence-corrected chi connectivity index (χ4v) is 4.45.